The van der Waals surface area contributed by atoms with E-state index in [4.69, 9.17) is 0 Å². The molecule has 0 saturated heterocycles. The second kappa shape index (κ2) is 9.40. The molecular weight excluding hydrogens is 290 g/mol. The summed E-state index contributed by atoms with van der Waals surface area (Å²) < 4.78 is 0. The van der Waals surface area contributed by atoms with Gasteiger partial charge < -0.3 is 5.11 Å². The second-order valence-corrected chi connectivity index (χ2v) is 6.35. The molecular formula is C18H27N3O2. The maximum absolute atomic E-state index is 12.0. The molecule has 1 aliphatic carbocycles. The number of carbonyl (C=O) groups excluding carboxylic acids is 1. The first-order valence-corrected chi connectivity index (χ1v) is 8.60. The number of hydrogen-bond donors (Lipinski definition) is 2. The van der Waals surface area contributed by atoms with Crippen molar-refractivity contribution in [1.29, 1.82) is 0 Å². The summed E-state index contributed by atoms with van der Waals surface area (Å²) in [6, 6.07) is 3.70. The lowest BCUT2D eigenvalue weighted by Gasteiger charge is -2.21. The quantitative estimate of drug-likeness (QED) is 0.440. The molecule has 5 heteroatoms. The molecule has 0 spiro atoms. The van der Waals surface area contributed by atoms with E-state index in [9.17, 15) is 9.90 Å². The molecule has 2 rings (SSSR count). The molecule has 0 radical (unpaired) electrons. The number of hydrogen-bond acceptors (Lipinski definition) is 4. The van der Waals surface area contributed by atoms with Crippen molar-refractivity contribution in [3.63, 3.8) is 0 Å². The predicted octanol–water partition coefficient (Wildman–Crippen LogP) is 2.89. The topological polar surface area (TPSA) is 74.6 Å². The van der Waals surface area contributed by atoms with Crippen LogP contribution in [-0.2, 0) is 4.79 Å². The molecule has 1 saturated carbocycles. The van der Waals surface area contributed by atoms with Gasteiger partial charge in [-0.15, -0.1) is 0 Å². The lowest BCUT2D eigenvalue weighted by molar-refractivity contribution is -0.122. The number of nitrogens with one attached hydrogen (secondary N) is 1. The summed E-state index contributed by atoms with van der Waals surface area (Å²) in [6.07, 6.45) is 11.4. The molecule has 1 aromatic rings. The second-order valence-electron chi connectivity index (χ2n) is 6.35. The molecule has 0 bridgehead atoms. The molecule has 23 heavy (non-hydrogen) atoms. The van der Waals surface area contributed by atoms with E-state index in [1.54, 1.807) is 18.6 Å². The van der Waals surface area contributed by atoms with Gasteiger partial charge in [-0.3, -0.25) is 9.78 Å². The van der Waals surface area contributed by atoms with Crippen LogP contribution in [-0.4, -0.2) is 28.3 Å². The van der Waals surface area contributed by atoms with Crippen molar-refractivity contribution in [2.24, 2.45) is 16.9 Å². The van der Waals surface area contributed by atoms with Crippen LogP contribution in [0.3, 0.4) is 0 Å². The normalized spacial score (nSPS) is 24.2. The van der Waals surface area contributed by atoms with Crippen LogP contribution >= 0.6 is 0 Å². The van der Waals surface area contributed by atoms with E-state index in [1.807, 2.05) is 12.1 Å². The third-order valence-corrected chi connectivity index (χ3v) is 4.61. The maximum Gasteiger partial charge on any atom is 0.240 e. The monoisotopic (exact) mass is 317 g/mol. The Labute approximate surface area is 138 Å². The molecule has 1 aromatic heterocycles. The van der Waals surface area contributed by atoms with Crippen molar-refractivity contribution in [3.05, 3.63) is 30.1 Å². The summed E-state index contributed by atoms with van der Waals surface area (Å²) in [5, 5.41) is 14.1. The van der Waals surface area contributed by atoms with Crippen molar-refractivity contribution < 1.29 is 9.90 Å². The summed E-state index contributed by atoms with van der Waals surface area (Å²) in [7, 11) is 0. The Morgan fingerprint density at radius 3 is 3.09 bits per heavy atom. The number of amides is 1. The van der Waals surface area contributed by atoms with Crippen LogP contribution < -0.4 is 5.43 Å². The predicted molar refractivity (Wildman–Crippen MR) is 91.0 cm³/mol. The molecule has 1 aliphatic rings. The Kier molecular flexibility index (Phi) is 7.20. The first-order valence-electron chi connectivity index (χ1n) is 8.60. The minimum absolute atomic E-state index is 0.0790. The van der Waals surface area contributed by atoms with Gasteiger partial charge >= 0.3 is 0 Å². The van der Waals surface area contributed by atoms with Crippen molar-refractivity contribution >= 4 is 12.1 Å². The molecule has 1 heterocycles. The summed E-state index contributed by atoms with van der Waals surface area (Å²) in [6.45, 7) is 2.18. The Morgan fingerprint density at radius 1 is 1.48 bits per heavy atom. The van der Waals surface area contributed by atoms with E-state index < -0.39 is 0 Å². The average Bonchev–Trinajstić information content (AvgIpc) is 2.89. The van der Waals surface area contributed by atoms with Gasteiger partial charge in [0.05, 0.1) is 12.3 Å². The zero-order valence-corrected chi connectivity index (χ0v) is 13.8. The third-order valence-electron chi connectivity index (χ3n) is 4.61. The van der Waals surface area contributed by atoms with E-state index in [-0.39, 0.29) is 23.8 Å². The molecule has 0 aromatic carbocycles. The third kappa shape index (κ3) is 5.75. The number of aliphatic hydroxyl groups is 1. The van der Waals surface area contributed by atoms with Gasteiger partial charge in [-0.25, -0.2) is 5.43 Å². The van der Waals surface area contributed by atoms with Crippen LogP contribution in [0.2, 0.25) is 0 Å². The van der Waals surface area contributed by atoms with Gasteiger partial charge in [-0.2, -0.15) is 5.10 Å². The van der Waals surface area contributed by atoms with Crippen molar-refractivity contribution in [1.82, 2.24) is 10.4 Å². The van der Waals surface area contributed by atoms with Gasteiger partial charge in [-0.1, -0.05) is 32.3 Å². The largest absolute Gasteiger partial charge is 0.393 e. The highest BCUT2D eigenvalue weighted by Gasteiger charge is 2.35. The highest BCUT2D eigenvalue weighted by atomic mass is 16.3. The van der Waals surface area contributed by atoms with Crippen molar-refractivity contribution in [2.75, 3.05) is 0 Å². The molecule has 126 valence electrons. The number of unbranched alkanes of at least 4 members (excludes halogenated alkanes) is 2. The summed E-state index contributed by atoms with van der Waals surface area (Å²) in [5.74, 6) is 0.454. The lowest BCUT2D eigenvalue weighted by atomic mass is 9.87. The van der Waals surface area contributed by atoms with Crippen LogP contribution in [0.15, 0.2) is 29.6 Å². The molecule has 3 unspecified atom stereocenters. The first kappa shape index (κ1) is 17.6. The fourth-order valence-corrected chi connectivity index (χ4v) is 3.35. The number of nitrogens with zero attached hydrogens (tertiary/aromatic N) is 2. The highest BCUT2D eigenvalue weighted by Crippen LogP contribution is 2.37. The smallest absolute Gasteiger partial charge is 0.240 e. The zero-order chi connectivity index (χ0) is 16.5. The summed E-state index contributed by atoms with van der Waals surface area (Å²) >= 11 is 0. The number of hydrazone groups is 1. The maximum atomic E-state index is 12.0. The van der Waals surface area contributed by atoms with E-state index in [2.05, 4.69) is 22.4 Å². The van der Waals surface area contributed by atoms with Crippen LogP contribution in [0.4, 0.5) is 0 Å². The van der Waals surface area contributed by atoms with Crippen LogP contribution in [0.5, 0.6) is 0 Å². The molecule has 5 nitrogen and oxygen atoms in total. The van der Waals surface area contributed by atoms with Gasteiger partial charge in [0.15, 0.2) is 0 Å². The van der Waals surface area contributed by atoms with Crippen molar-refractivity contribution in [2.45, 2.75) is 58.0 Å². The Morgan fingerprint density at radius 2 is 2.35 bits per heavy atom. The highest BCUT2D eigenvalue weighted by molar-refractivity contribution is 5.82. The van der Waals surface area contributed by atoms with Crippen LogP contribution in [0.1, 0.15) is 57.4 Å². The molecule has 3 atom stereocenters. The molecule has 2 N–H and O–H groups in total. The van der Waals surface area contributed by atoms with Crippen molar-refractivity contribution in [3.8, 4) is 0 Å². The molecule has 1 amide bonds. The van der Waals surface area contributed by atoms with E-state index in [0.29, 0.717) is 6.42 Å². The standard InChI is InChI=1S/C18H27N3O2/c1-2-3-4-7-16-15(8-9-17(16)22)11-18(23)21-20-13-14-6-5-10-19-12-14/h5-6,10,12-13,15-17,22H,2-4,7-9,11H2,1H3,(H,21,23)/b20-13+. The van der Waals surface area contributed by atoms with Crippen LogP contribution in [0.25, 0.3) is 0 Å². The summed E-state index contributed by atoms with van der Waals surface area (Å²) in [4.78, 5) is 16.0. The fraction of sp³-hybridized carbons (Fsp3) is 0.611. The van der Waals surface area contributed by atoms with Gasteiger partial charge in [0.25, 0.3) is 0 Å². The zero-order valence-electron chi connectivity index (χ0n) is 13.8. The van der Waals surface area contributed by atoms with Gasteiger partial charge in [-0.05, 0) is 37.2 Å². The first-order chi connectivity index (χ1) is 11.2. The molecule has 0 aliphatic heterocycles. The lowest BCUT2D eigenvalue weighted by Crippen LogP contribution is -2.25. The number of aliphatic hydroxyl groups excluding tert-OH is 1. The van der Waals surface area contributed by atoms with Gasteiger partial charge in [0.1, 0.15) is 0 Å². The Bertz CT molecular complexity index is 504. The SMILES string of the molecule is CCCCCC1C(O)CCC1CC(=O)N/N=C/c1cccnc1. The summed E-state index contributed by atoms with van der Waals surface area (Å²) in [5.41, 5.74) is 3.43. The van der Waals surface area contributed by atoms with E-state index in [1.165, 1.54) is 12.8 Å². The Balaban J connectivity index is 1.78. The minimum atomic E-state index is -0.247. The molecule has 1 fully saturated rings. The fourth-order valence-electron chi connectivity index (χ4n) is 3.35. The van der Waals surface area contributed by atoms with E-state index >= 15 is 0 Å². The Hall–Kier alpha value is -1.75. The number of carbonyl (C=O) groups is 1. The number of pyridine rings is 1. The number of rotatable bonds is 8. The van der Waals surface area contributed by atoms with E-state index in [0.717, 1.165) is 31.2 Å². The van der Waals surface area contributed by atoms with Gasteiger partial charge in [0.2, 0.25) is 5.91 Å². The van der Waals surface area contributed by atoms with Crippen LogP contribution in [0, 0.1) is 11.8 Å². The average molecular weight is 317 g/mol. The van der Waals surface area contributed by atoms with Gasteiger partial charge in [0, 0.05) is 24.4 Å². The number of aromatic nitrogens is 1. The minimum Gasteiger partial charge on any atom is -0.393 e.